The SMILES string of the molecule is C[C@@H]1C[C@H]([C@H](O)C(C)(C)O)O[C@H]2C1[C@@]1(C)CC[C@@]34C[C@@]35CC[C@H](OC3CN(C6CCOC6=O)CCO3)C(C)(C)[C@@H]5CC[C@H]4[C@]1(C)[C@H]2O. The molecule has 3 heterocycles. The number of carbonyl (C=O) groups is 1. The van der Waals surface area contributed by atoms with E-state index in [2.05, 4.69) is 39.5 Å². The topological polar surface area (TPSA) is 118 Å². The first-order valence-electron chi connectivity index (χ1n) is 18.9. The monoisotopic (exact) mass is 659 g/mol. The first-order valence-corrected chi connectivity index (χ1v) is 18.9. The zero-order valence-corrected chi connectivity index (χ0v) is 29.9. The summed E-state index contributed by atoms with van der Waals surface area (Å²) in [5, 5.41) is 34.1. The van der Waals surface area contributed by atoms with Crippen LogP contribution >= 0.6 is 0 Å². The highest BCUT2D eigenvalue weighted by atomic mass is 16.7. The molecule has 2 spiro atoms. The van der Waals surface area contributed by atoms with Gasteiger partial charge in [0.15, 0.2) is 6.29 Å². The number of nitrogens with zero attached hydrogens (tertiary/aromatic N) is 1. The summed E-state index contributed by atoms with van der Waals surface area (Å²) < 4.78 is 24.9. The first-order chi connectivity index (χ1) is 22.0. The van der Waals surface area contributed by atoms with Crippen LogP contribution in [-0.4, -0.2) is 101 Å². The molecule has 0 aromatic carbocycles. The number of carbonyl (C=O) groups excluding carboxylic acids is 1. The summed E-state index contributed by atoms with van der Waals surface area (Å²) >= 11 is 0. The lowest BCUT2D eigenvalue weighted by molar-refractivity contribution is -0.250. The third kappa shape index (κ3) is 4.35. The molecule has 8 aliphatic rings. The molecule has 3 unspecified atom stereocenters. The minimum Gasteiger partial charge on any atom is -0.464 e. The summed E-state index contributed by atoms with van der Waals surface area (Å²) in [6.45, 7) is 17.7. The van der Waals surface area contributed by atoms with Crippen molar-refractivity contribution in [3.63, 3.8) is 0 Å². The van der Waals surface area contributed by atoms with E-state index >= 15 is 0 Å². The number of aliphatic hydroxyl groups excluding tert-OH is 2. The van der Waals surface area contributed by atoms with E-state index in [-0.39, 0.29) is 63.5 Å². The maximum Gasteiger partial charge on any atom is 0.323 e. The summed E-state index contributed by atoms with van der Waals surface area (Å²) in [6.07, 6.45) is 6.87. The van der Waals surface area contributed by atoms with Crippen LogP contribution in [0.3, 0.4) is 0 Å². The van der Waals surface area contributed by atoms with Gasteiger partial charge in [0.25, 0.3) is 0 Å². The van der Waals surface area contributed by atoms with Crippen LogP contribution in [0.4, 0.5) is 0 Å². The molecule has 0 aromatic rings. The second-order valence-electron chi connectivity index (χ2n) is 19.0. The van der Waals surface area contributed by atoms with Crippen LogP contribution in [0.15, 0.2) is 0 Å². The number of cyclic esters (lactones) is 1. The van der Waals surface area contributed by atoms with Crippen LogP contribution < -0.4 is 0 Å². The Bertz CT molecular complexity index is 1270. The highest BCUT2D eigenvalue weighted by Crippen LogP contribution is 2.89. The number of hydrogen-bond acceptors (Lipinski definition) is 9. The Balaban J connectivity index is 1.02. The number of rotatable bonds is 5. The first kappa shape index (κ1) is 33.3. The van der Waals surface area contributed by atoms with Gasteiger partial charge in [-0.25, -0.2) is 0 Å². The maximum absolute atomic E-state index is 12.4. The Hall–Kier alpha value is -0.810. The molecular weight excluding hydrogens is 598 g/mol. The molecule has 3 saturated heterocycles. The third-order valence-electron chi connectivity index (χ3n) is 16.6. The van der Waals surface area contributed by atoms with Crippen molar-refractivity contribution in [2.24, 2.45) is 50.7 Å². The van der Waals surface area contributed by atoms with E-state index in [1.165, 1.54) is 12.8 Å². The van der Waals surface area contributed by atoms with Crippen LogP contribution in [0.2, 0.25) is 0 Å². The van der Waals surface area contributed by atoms with Gasteiger partial charge in [-0.3, -0.25) is 9.69 Å². The van der Waals surface area contributed by atoms with Gasteiger partial charge in [-0.15, -0.1) is 0 Å². The van der Waals surface area contributed by atoms with Gasteiger partial charge in [-0.1, -0.05) is 34.6 Å². The second kappa shape index (κ2) is 10.6. The molecular formula is C38H61NO8. The summed E-state index contributed by atoms with van der Waals surface area (Å²) in [5.74, 6) is 1.41. The standard InChI is InChI=1S/C38H61NO8/c1-21-18-23(30(40)34(4,5)43)46-29-28(21)35(6)13-14-38-20-37(38)12-10-26(33(2,3)24(37)8-9-25(38)36(35,7)31(29)41)47-27-19-39(15-17-44-27)22-11-16-45-32(22)42/h21-31,40-41,43H,8-20H2,1-7H3/t21-,22?,23-,24+,25+,26+,27?,28?,29+,30+,31+,35-,36-,37-,38+/m1/s1. The fourth-order valence-corrected chi connectivity index (χ4v) is 14.2. The van der Waals surface area contributed by atoms with Crippen molar-refractivity contribution in [3.05, 3.63) is 0 Å². The van der Waals surface area contributed by atoms with E-state index in [4.69, 9.17) is 18.9 Å². The Morgan fingerprint density at radius 1 is 1.00 bits per heavy atom. The molecule has 3 aliphatic heterocycles. The minimum atomic E-state index is -1.26. The molecule has 0 radical (unpaired) electrons. The van der Waals surface area contributed by atoms with Crippen molar-refractivity contribution in [1.29, 1.82) is 0 Å². The smallest absolute Gasteiger partial charge is 0.323 e. The largest absolute Gasteiger partial charge is 0.464 e. The number of esters is 1. The molecule has 8 fully saturated rings. The zero-order valence-electron chi connectivity index (χ0n) is 29.9. The predicted molar refractivity (Wildman–Crippen MR) is 174 cm³/mol. The summed E-state index contributed by atoms with van der Waals surface area (Å²) in [4.78, 5) is 14.5. The number of hydrogen-bond donors (Lipinski definition) is 3. The Morgan fingerprint density at radius 2 is 1.72 bits per heavy atom. The molecule has 3 N–H and O–H groups in total. The molecule has 15 atom stereocenters. The third-order valence-corrected chi connectivity index (χ3v) is 16.6. The highest BCUT2D eigenvalue weighted by molar-refractivity contribution is 5.77. The Morgan fingerprint density at radius 3 is 2.43 bits per heavy atom. The van der Waals surface area contributed by atoms with Gasteiger partial charge in [0.2, 0.25) is 0 Å². The molecule has 0 aromatic heterocycles. The van der Waals surface area contributed by atoms with Crippen molar-refractivity contribution in [3.8, 4) is 0 Å². The average Bonchev–Trinajstić information content (AvgIpc) is 3.41. The second-order valence-corrected chi connectivity index (χ2v) is 19.0. The lowest BCUT2D eigenvalue weighted by Gasteiger charge is -2.64. The fourth-order valence-electron chi connectivity index (χ4n) is 14.2. The van der Waals surface area contributed by atoms with E-state index in [9.17, 15) is 20.1 Å². The normalized spacial score (nSPS) is 54.4. The summed E-state index contributed by atoms with van der Waals surface area (Å²) in [5.41, 5.74) is -1.04. The molecule has 5 saturated carbocycles. The number of aliphatic hydroxyl groups is 3. The average molecular weight is 660 g/mol. The van der Waals surface area contributed by atoms with Crippen molar-refractivity contribution in [2.75, 3.05) is 26.3 Å². The van der Waals surface area contributed by atoms with E-state index < -0.39 is 23.9 Å². The van der Waals surface area contributed by atoms with E-state index in [1.807, 2.05) is 0 Å². The fraction of sp³-hybridized carbons (Fsp3) is 0.974. The van der Waals surface area contributed by atoms with Gasteiger partial charge in [0, 0.05) is 18.4 Å². The number of fused-ring (bicyclic) bond motifs is 4. The maximum atomic E-state index is 12.4. The quantitative estimate of drug-likeness (QED) is 0.372. The van der Waals surface area contributed by atoms with Crippen molar-refractivity contribution in [2.45, 2.75) is 155 Å². The van der Waals surface area contributed by atoms with Crippen molar-refractivity contribution in [1.82, 2.24) is 4.90 Å². The summed E-state index contributed by atoms with van der Waals surface area (Å²) in [7, 11) is 0. The Kier molecular flexibility index (Phi) is 7.53. The van der Waals surface area contributed by atoms with E-state index in [0.29, 0.717) is 43.9 Å². The molecule has 47 heavy (non-hydrogen) atoms. The molecule has 5 aliphatic carbocycles. The van der Waals surface area contributed by atoms with Gasteiger partial charge in [0.1, 0.15) is 12.1 Å². The van der Waals surface area contributed by atoms with Crippen LogP contribution in [0.25, 0.3) is 0 Å². The van der Waals surface area contributed by atoms with Crippen LogP contribution in [-0.2, 0) is 23.7 Å². The zero-order chi connectivity index (χ0) is 33.5. The van der Waals surface area contributed by atoms with Gasteiger partial charge >= 0.3 is 5.97 Å². The predicted octanol–water partition coefficient (Wildman–Crippen LogP) is 4.29. The molecule has 266 valence electrons. The number of ether oxygens (including phenoxy) is 4. The minimum absolute atomic E-state index is 0.00728. The molecule has 8 rings (SSSR count). The van der Waals surface area contributed by atoms with Gasteiger partial charge in [-0.05, 0) is 111 Å². The highest BCUT2D eigenvalue weighted by Gasteiger charge is 2.84. The lowest BCUT2D eigenvalue weighted by Crippen LogP contribution is -2.60. The Labute approximate surface area is 281 Å². The molecule has 9 heteroatoms. The van der Waals surface area contributed by atoms with Crippen LogP contribution in [0.1, 0.15) is 106 Å². The molecule has 9 nitrogen and oxygen atoms in total. The summed E-state index contributed by atoms with van der Waals surface area (Å²) in [6, 6.07) is -0.173. The van der Waals surface area contributed by atoms with E-state index in [1.54, 1.807) is 13.8 Å². The van der Waals surface area contributed by atoms with Crippen molar-refractivity contribution < 1.29 is 39.1 Å². The van der Waals surface area contributed by atoms with Gasteiger partial charge in [0.05, 0.1) is 49.8 Å². The van der Waals surface area contributed by atoms with Crippen molar-refractivity contribution >= 4 is 5.97 Å². The lowest BCUT2D eigenvalue weighted by atomic mass is 9.41. The number of morpholine rings is 1. The van der Waals surface area contributed by atoms with Gasteiger partial charge < -0.3 is 34.3 Å². The van der Waals surface area contributed by atoms with E-state index in [0.717, 1.165) is 45.1 Å². The van der Waals surface area contributed by atoms with Gasteiger partial charge in [-0.2, -0.15) is 0 Å². The molecule has 0 amide bonds. The molecule has 0 bridgehead atoms. The van der Waals surface area contributed by atoms with Crippen LogP contribution in [0.5, 0.6) is 0 Å². The van der Waals surface area contributed by atoms with Crippen LogP contribution in [0, 0.1) is 50.7 Å².